The monoisotopic (exact) mass is 252 g/mol. The van der Waals surface area contributed by atoms with Crippen LogP contribution in [0, 0.1) is 0 Å². The molecule has 7 heteroatoms. The highest BCUT2D eigenvalue weighted by atomic mass is 16.6. The van der Waals surface area contributed by atoms with Crippen molar-refractivity contribution < 1.29 is 33.7 Å². The van der Waals surface area contributed by atoms with Gasteiger partial charge in [0.05, 0.1) is 6.61 Å². The fourth-order valence-corrected chi connectivity index (χ4v) is 0.447. The van der Waals surface area contributed by atoms with E-state index in [-0.39, 0.29) is 32.8 Å². The largest absolute Gasteiger partial charge is 0.464 e. The number of hydrogen-bond acceptors (Lipinski definition) is 7. The number of rotatable bonds is 8. The Bertz CT molecular complexity index is 183. The summed E-state index contributed by atoms with van der Waals surface area (Å²) in [6.07, 6.45) is -0.717. The Hall–Kier alpha value is -1.63. The van der Waals surface area contributed by atoms with E-state index in [0.29, 0.717) is 19.4 Å². The Balaban J connectivity index is -0.000000224. The van der Waals surface area contributed by atoms with Crippen LogP contribution in [0.25, 0.3) is 0 Å². The zero-order valence-corrected chi connectivity index (χ0v) is 9.20. The van der Waals surface area contributed by atoms with E-state index in [0.717, 1.165) is 0 Å². The highest BCUT2D eigenvalue weighted by molar-refractivity contribution is 5.38. The first kappa shape index (κ1) is 20.7. The molecule has 0 radical (unpaired) electrons. The quantitative estimate of drug-likeness (QED) is 0.475. The molecule has 0 aromatic rings. The summed E-state index contributed by atoms with van der Waals surface area (Å²) in [5.41, 5.74) is 0. The van der Waals surface area contributed by atoms with E-state index in [4.69, 9.17) is 5.11 Å². The van der Waals surface area contributed by atoms with Gasteiger partial charge in [0.15, 0.2) is 0 Å². The molecule has 0 aliphatic carbocycles. The van der Waals surface area contributed by atoms with E-state index in [1.165, 1.54) is 0 Å². The predicted octanol–water partition coefficient (Wildman–Crippen LogP) is -0.103. The van der Waals surface area contributed by atoms with Crippen LogP contribution in [0.3, 0.4) is 0 Å². The van der Waals surface area contributed by atoms with Crippen molar-refractivity contribution in [3.05, 3.63) is 0 Å². The average molecular weight is 252 g/mol. The lowest BCUT2D eigenvalue weighted by atomic mass is 10.4. The van der Waals surface area contributed by atoms with E-state index in [2.05, 4.69) is 14.2 Å². The molecule has 1 N–H and O–H groups in total. The van der Waals surface area contributed by atoms with Crippen molar-refractivity contribution in [3.8, 4) is 0 Å². The van der Waals surface area contributed by atoms with E-state index >= 15 is 0 Å². The maximum atomic E-state index is 9.61. The van der Waals surface area contributed by atoms with Crippen LogP contribution >= 0.6 is 0 Å². The van der Waals surface area contributed by atoms with Crippen molar-refractivity contribution in [1.29, 1.82) is 0 Å². The first-order valence-electron chi connectivity index (χ1n) is 4.46. The van der Waals surface area contributed by atoms with Crippen LogP contribution in [0.1, 0.15) is 21.3 Å². The summed E-state index contributed by atoms with van der Waals surface area (Å²) in [6, 6.07) is 0. The van der Waals surface area contributed by atoms with Gasteiger partial charge in [-0.05, 0) is 13.8 Å². The molecule has 0 aliphatic heterocycles. The van der Waals surface area contributed by atoms with Gasteiger partial charge < -0.3 is 19.3 Å². The van der Waals surface area contributed by atoms with Crippen molar-refractivity contribution in [2.24, 2.45) is 0 Å². The number of hydrogen-bond donors (Lipinski definition) is 1. The second-order valence-corrected chi connectivity index (χ2v) is 2.70. The minimum atomic E-state index is -0.363. The number of aliphatic hydroxyl groups excluding tert-OH is 1. The minimum Gasteiger partial charge on any atom is -0.464 e. The number of carbonyl (C=O) groups excluding carboxylic acids is 3. The first-order valence-corrected chi connectivity index (χ1v) is 4.46. The van der Waals surface area contributed by atoms with Crippen LogP contribution in [0.4, 0.5) is 0 Å². The average Bonchev–Trinajstić information content (AvgIpc) is 2.28. The van der Waals surface area contributed by atoms with Crippen molar-refractivity contribution in [1.82, 2.24) is 0 Å². The summed E-state index contributed by atoms with van der Waals surface area (Å²) in [4.78, 5) is 28.6. The van der Waals surface area contributed by atoms with Crippen LogP contribution in [-0.2, 0) is 28.6 Å². The number of ether oxygens (including phenoxy) is 3. The zero-order chi connectivity index (χ0) is 12.8. The van der Waals surface area contributed by atoms with Gasteiger partial charge in [-0.15, -0.1) is 0 Å². The van der Waals surface area contributed by atoms with Gasteiger partial charge in [0.25, 0.3) is 19.4 Å². The molecule has 0 amide bonds. The van der Waals surface area contributed by atoms with Crippen molar-refractivity contribution >= 4 is 19.4 Å². The molecule has 7 nitrogen and oxygen atoms in total. The van der Waals surface area contributed by atoms with Gasteiger partial charge in [-0.25, -0.2) is 0 Å². The van der Waals surface area contributed by atoms with Crippen LogP contribution in [-0.4, -0.2) is 49.9 Å². The molecule has 0 saturated carbocycles. The Kier molecular flexibility index (Phi) is 20.5. The standard InChI is InChI=1S/C5H8O4.C4H8O3.CH4/c1-5(9-4-7)2-8-3-6;1-4(2-5)7-3-6;/h3-5H,2H2,1H3;3-5H,2H2,1H3;1H4. The van der Waals surface area contributed by atoms with Crippen molar-refractivity contribution in [2.75, 3.05) is 13.2 Å². The third kappa shape index (κ3) is 20.4. The number of aliphatic hydroxyl groups is 1. The minimum absolute atomic E-state index is 0. The fourth-order valence-electron chi connectivity index (χ4n) is 0.447. The van der Waals surface area contributed by atoms with Gasteiger partial charge in [-0.3, -0.25) is 14.4 Å². The zero-order valence-electron chi connectivity index (χ0n) is 9.20. The summed E-state index contributed by atoms with van der Waals surface area (Å²) < 4.78 is 12.9. The SMILES string of the molecule is C.CC(CO)OC=O.CC(COC=O)OC=O. The van der Waals surface area contributed by atoms with E-state index in [1.807, 2.05) is 0 Å². The first-order chi connectivity index (χ1) is 7.62. The van der Waals surface area contributed by atoms with E-state index < -0.39 is 0 Å². The summed E-state index contributed by atoms with van der Waals surface area (Å²) in [5, 5.41) is 8.18. The van der Waals surface area contributed by atoms with Crippen LogP contribution < -0.4 is 0 Å². The molecule has 0 spiro atoms. The van der Waals surface area contributed by atoms with Crippen molar-refractivity contribution in [2.45, 2.75) is 33.5 Å². The Morgan fingerprint density at radius 1 is 1.00 bits per heavy atom. The maximum Gasteiger partial charge on any atom is 0.293 e. The smallest absolute Gasteiger partial charge is 0.293 e. The second kappa shape index (κ2) is 16.8. The second-order valence-electron chi connectivity index (χ2n) is 2.70. The molecule has 102 valence electrons. The van der Waals surface area contributed by atoms with Gasteiger partial charge in [-0.1, -0.05) is 7.43 Å². The Morgan fingerprint density at radius 2 is 1.47 bits per heavy atom. The molecule has 0 aromatic heterocycles. The van der Waals surface area contributed by atoms with Gasteiger partial charge in [0.1, 0.15) is 18.8 Å². The molecule has 0 aliphatic rings. The molecule has 2 atom stereocenters. The molecule has 0 heterocycles. The van der Waals surface area contributed by atoms with E-state index in [1.54, 1.807) is 13.8 Å². The molecular weight excluding hydrogens is 232 g/mol. The van der Waals surface area contributed by atoms with Gasteiger partial charge in [0, 0.05) is 0 Å². The molecule has 0 fully saturated rings. The van der Waals surface area contributed by atoms with Gasteiger partial charge >= 0.3 is 0 Å². The molecule has 0 bridgehead atoms. The number of carbonyl (C=O) groups is 3. The topological polar surface area (TPSA) is 99.1 Å². The van der Waals surface area contributed by atoms with Crippen LogP contribution in [0.5, 0.6) is 0 Å². The van der Waals surface area contributed by atoms with Crippen molar-refractivity contribution in [3.63, 3.8) is 0 Å². The summed E-state index contributed by atoms with van der Waals surface area (Å²) >= 11 is 0. The lowest BCUT2D eigenvalue weighted by Crippen LogP contribution is -2.14. The van der Waals surface area contributed by atoms with Crippen LogP contribution in [0.15, 0.2) is 0 Å². The molecule has 2 unspecified atom stereocenters. The summed E-state index contributed by atoms with van der Waals surface area (Å²) in [7, 11) is 0. The van der Waals surface area contributed by atoms with E-state index in [9.17, 15) is 14.4 Å². The maximum absolute atomic E-state index is 9.61. The lowest BCUT2D eigenvalue weighted by molar-refractivity contribution is -0.141. The lowest BCUT2D eigenvalue weighted by Gasteiger charge is -2.05. The predicted molar refractivity (Wildman–Crippen MR) is 59.1 cm³/mol. The third-order valence-electron chi connectivity index (χ3n) is 1.23. The highest BCUT2D eigenvalue weighted by Gasteiger charge is 1.98. The molecule has 17 heavy (non-hydrogen) atoms. The Labute approximate surface area is 101 Å². The molecule has 0 rings (SSSR count). The summed E-state index contributed by atoms with van der Waals surface area (Å²) in [5.74, 6) is 0. The molecule has 0 saturated heterocycles. The highest BCUT2D eigenvalue weighted by Crippen LogP contribution is 1.86. The van der Waals surface area contributed by atoms with Gasteiger partial charge in [0.2, 0.25) is 0 Å². The Morgan fingerprint density at radius 3 is 1.76 bits per heavy atom. The van der Waals surface area contributed by atoms with Gasteiger partial charge in [-0.2, -0.15) is 0 Å². The normalized spacial score (nSPS) is 11.5. The fraction of sp³-hybridized carbons (Fsp3) is 0.700. The summed E-state index contributed by atoms with van der Waals surface area (Å²) in [6.45, 7) is 4.18. The molecular formula is C10H20O7. The molecule has 0 aromatic carbocycles. The third-order valence-corrected chi connectivity index (χ3v) is 1.23. The van der Waals surface area contributed by atoms with Crippen LogP contribution in [0.2, 0.25) is 0 Å².